The molecule has 0 aromatic heterocycles. The summed E-state index contributed by atoms with van der Waals surface area (Å²) in [6.07, 6.45) is 0.901. The Morgan fingerprint density at radius 2 is 2.50 bits per heavy atom. The predicted octanol–water partition coefficient (Wildman–Crippen LogP) is 0.257. The molecular weight excluding hydrogens is 154 g/mol. The van der Waals surface area contributed by atoms with Crippen LogP contribution in [0.25, 0.3) is 0 Å². The van der Waals surface area contributed by atoms with Gasteiger partial charge in [-0.05, 0) is 13.3 Å². The van der Waals surface area contributed by atoms with Crippen LogP contribution in [0.4, 0.5) is 0 Å². The fourth-order valence-corrected chi connectivity index (χ4v) is 1.21. The highest BCUT2D eigenvalue weighted by Crippen LogP contribution is 2.17. The minimum absolute atomic E-state index is 0.0455. The average Bonchev–Trinajstić information content (AvgIpc) is 2.03. The number of hydrogen-bond acceptors (Lipinski definition) is 3. The van der Waals surface area contributed by atoms with Gasteiger partial charge in [-0.25, -0.2) is 0 Å². The van der Waals surface area contributed by atoms with Gasteiger partial charge >= 0.3 is 5.97 Å². The van der Waals surface area contributed by atoms with Crippen molar-refractivity contribution in [3.63, 3.8) is 0 Å². The lowest BCUT2D eigenvalue weighted by Crippen LogP contribution is -2.52. The fraction of sp³-hybridized carbons (Fsp3) is 0.667. The molecule has 0 spiro atoms. The average molecular weight is 167 g/mol. The molecule has 0 saturated carbocycles. The van der Waals surface area contributed by atoms with Crippen LogP contribution in [-0.2, 0) is 9.53 Å². The summed E-state index contributed by atoms with van der Waals surface area (Å²) in [6.45, 7) is 3.43. The Kier molecular flexibility index (Phi) is 3.12. The number of hydrogen-bond donors (Lipinski definition) is 0. The number of esters is 1. The van der Waals surface area contributed by atoms with Crippen molar-refractivity contribution in [1.29, 1.82) is 0 Å². The molecule has 0 radical (unpaired) electrons. The van der Waals surface area contributed by atoms with E-state index in [2.05, 4.69) is 16.6 Å². The number of carbonyl (C=O) groups is 1. The van der Waals surface area contributed by atoms with Gasteiger partial charge in [0.25, 0.3) is 0 Å². The summed E-state index contributed by atoms with van der Waals surface area (Å²) in [4.78, 5) is 13.1. The van der Waals surface area contributed by atoms with Gasteiger partial charge in [-0.15, -0.1) is 5.92 Å². The number of nitrogens with zero attached hydrogens (tertiary/aromatic N) is 1. The summed E-state index contributed by atoms with van der Waals surface area (Å²) < 4.78 is 4.64. The van der Waals surface area contributed by atoms with Crippen LogP contribution in [0.3, 0.4) is 0 Å². The molecule has 1 fully saturated rings. The molecule has 3 heteroatoms. The molecule has 3 nitrogen and oxygen atoms in total. The predicted molar refractivity (Wildman–Crippen MR) is 45.4 cm³/mol. The van der Waals surface area contributed by atoms with Crippen LogP contribution >= 0.6 is 0 Å². The quantitative estimate of drug-likeness (QED) is 0.436. The highest BCUT2D eigenvalue weighted by Gasteiger charge is 2.33. The van der Waals surface area contributed by atoms with Gasteiger partial charge in [0, 0.05) is 6.54 Å². The van der Waals surface area contributed by atoms with Crippen molar-refractivity contribution in [2.75, 3.05) is 20.2 Å². The summed E-state index contributed by atoms with van der Waals surface area (Å²) in [6, 6.07) is -0.0455. The topological polar surface area (TPSA) is 29.5 Å². The first-order valence-corrected chi connectivity index (χ1v) is 4.01. The smallest absolute Gasteiger partial charge is 0.323 e. The standard InChI is InChI=1S/C9H13NO2/c1-3-4-6-10-7-5-8(10)9(11)12-2/h8H,5-7H2,1-2H3. The maximum absolute atomic E-state index is 11.1. The molecule has 12 heavy (non-hydrogen) atoms. The zero-order valence-electron chi connectivity index (χ0n) is 7.46. The van der Waals surface area contributed by atoms with E-state index in [9.17, 15) is 4.79 Å². The Bertz CT molecular complexity index is 226. The summed E-state index contributed by atoms with van der Waals surface area (Å²) in [5.41, 5.74) is 0. The Hall–Kier alpha value is -1.01. The molecule has 1 aliphatic rings. The van der Waals surface area contributed by atoms with E-state index in [-0.39, 0.29) is 12.0 Å². The maximum atomic E-state index is 11.1. The van der Waals surface area contributed by atoms with Crippen molar-refractivity contribution in [3.05, 3.63) is 0 Å². The van der Waals surface area contributed by atoms with Gasteiger partial charge in [-0.2, -0.15) is 0 Å². The normalized spacial score (nSPS) is 22.0. The minimum atomic E-state index is -0.140. The van der Waals surface area contributed by atoms with Crippen LogP contribution in [-0.4, -0.2) is 37.1 Å². The monoisotopic (exact) mass is 167 g/mol. The van der Waals surface area contributed by atoms with Gasteiger partial charge in [0.2, 0.25) is 0 Å². The van der Waals surface area contributed by atoms with Crippen molar-refractivity contribution >= 4 is 5.97 Å². The SMILES string of the molecule is CC#CCN1CCC1C(=O)OC. The third kappa shape index (κ3) is 1.77. The van der Waals surface area contributed by atoms with Crippen LogP contribution in [0.15, 0.2) is 0 Å². The van der Waals surface area contributed by atoms with E-state index in [1.54, 1.807) is 6.92 Å². The van der Waals surface area contributed by atoms with Crippen molar-refractivity contribution in [1.82, 2.24) is 4.90 Å². The van der Waals surface area contributed by atoms with Gasteiger partial charge < -0.3 is 4.74 Å². The van der Waals surface area contributed by atoms with E-state index in [1.807, 2.05) is 4.90 Å². The first-order chi connectivity index (χ1) is 5.79. The van der Waals surface area contributed by atoms with Gasteiger partial charge in [-0.3, -0.25) is 9.69 Å². The highest BCUT2D eigenvalue weighted by atomic mass is 16.5. The molecule has 0 amide bonds. The van der Waals surface area contributed by atoms with Crippen molar-refractivity contribution in [3.8, 4) is 11.8 Å². The van der Waals surface area contributed by atoms with Crippen molar-refractivity contribution in [2.24, 2.45) is 0 Å². The molecule has 1 heterocycles. The van der Waals surface area contributed by atoms with E-state index in [4.69, 9.17) is 0 Å². The minimum Gasteiger partial charge on any atom is -0.468 e. The van der Waals surface area contributed by atoms with Gasteiger partial charge in [0.15, 0.2) is 0 Å². The lowest BCUT2D eigenvalue weighted by molar-refractivity contribution is -0.151. The first kappa shape index (κ1) is 9.08. The zero-order valence-corrected chi connectivity index (χ0v) is 7.46. The molecular formula is C9H13NO2. The van der Waals surface area contributed by atoms with Crippen LogP contribution in [0.5, 0.6) is 0 Å². The molecule has 1 atom stereocenters. The summed E-state index contributed by atoms with van der Waals surface area (Å²) in [7, 11) is 1.42. The number of likely N-dealkylation sites (tertiary alicyclic amines) is 1. The molecule has 0 aliphatic carbocycles. The van der Waals surface area contributed by atoms with Crippen LogP contribution < -0.4 is 0 Å². The molecule has 66 valence electrons. The number of ether oxygens (including phenoxy) is 1. The molecule has 0 aromatic carbocycles. The second-order valence-corrected chi connectivity index (χ2v) is 2.72. The van der Waals surface area contributed by atoms with E-state index in [1.165, 1.54) is 7.11 Å². The lowest BCUT2D eigenvalue weighted by atomic mass is 10.0. The molecule has 1 saturated heterocycles. The number of rotatable bonds is 2. The van der Waals surface area contributed by atoms with Crippen LogP contribution in [0, 0.1) is 11.8 Å². The van der Waals surface area contributed by atoms with Crippen LogP contribution in [0.2, 0.25) is 0 Å². The van der Waals surface area contributed by atoms with Crippen molar-refractivity contribution in [2.45, 2.75) is 19.4 Å². The van der Waals surface area contributed by atoms with Gasteiger partial charge in [-0.1, -0.05) is 5.92 Å². The Morgan fingerprint density at radius 1 is 1.75 bits per heavy atom. The summed E-state index contributed by atoms with van der Waals surface area (Å²) in [5, 5.41) is 0. The number of carbonyl (C=O) groups excluding carboxylic acids is 1. The summed E-state index contributed by atoms with van der Waals surface area (Å²) in [5.74, 6) is 5.59. The first-order valence-electron chi connectivity index (χ1n) is 4.01. The lowest BCUT2D eigenvalue weighted by Gasteiger charge is -2.37. The molecule has 0 bridgehead atoms. The van der Waals surface area contributed by atoms with Gasteiger partial charge in [0.1, 0.15) is 6.04 Å². The molecule has 1 unspecified atom stereocenters. The molecule has 1 aliphatic heterocycles. The van der Waals surface area contributed by atoms with Crippen LogP contribution in [0.1, 0.15) is 13.3 Å². The summed E-state index contributed by atoms with van der Waals surface area (Å²) >= 11 is 0. The second-order valence-electron chi connectivity index (χ2n) is 2.72. The van der Waals surface area contributed by atoms with E-state index < -0.39 is 0 Å². The van der Waals surface area contributed by atoms with Crippen molar-refractivity contribution < 1.29 is 9.53 Å². The Morgan fingerprint density at radius 3 is 2.92 bits per heavy atom. The maximum Gasteiger partial charge on any atom is 0.323 e. The molecule has 0 N–H and O–H groups in total. The third-order valence-corrected chi connectivity index (χ3v) is 2.06. The highest BCUT2D eigenvalue weighted by molar-refractivity contribution is 5.76. The Labute approximate surface area is 72.7 Å². The second kappa shape index (κ2) is 4.13. The van der Waals surface area contributed by atoms with E-state index in [0.717, 1.165) is 13.0 Å². The van der Waals surface area contributed by atoms with Gasteiger partial charge in [0.05, 0.1) is 13.7 Å². The fourth-order valence-electron chi connectivity index (χ4n) is 1.21. The number of methoxy groups -OCH3 is 1. The molecule has 1 rings (SSSR count). The zero-order chi connectivity index (χ0) is 8.97. The Balaban J connectivity index is 2.36. The largest absolute Gasteiger partial charge is 0.468 e. The van der Waals surface area contributed by atoms with E-state index >= 15 is 0 Å². The molecule has 0 aromatic rings. The third-order valence-electron chi connectivity index (χ3n) is 2.06. The van der Waals surface area contributed by atoms with E-state index in [0.29, 0.717) is 6.54 Å².